The summed E-state index contributed by atoms with van der Waals surface area (Å²) in [5.41, 5.74) is 3.88. The normalized spacial score (nSPS) is 24.7. The summed E-state index contributed by atoms with van der Waals surface area (Å²) in [6.07, 6.45) is 3.61. The molecule has 2 aliphatic heterocycles. The number of ether oxygens (including phenoxy) is 1. The topological polar surface area (TPSA) is 48.9 Å². The second kappa shape index (κ2) is 9.98. The van der Waals surface area contributed by atoms with Gasteiger partial charge in [-0.1, -0.05) is 48.0 Å². The molecule has 2 N–H and O–H groups in total. The Morgan fingerprint density at radius 3 is 2.67 bits per heavy atom. The van der Waals surface area contributed by atoms with Gasteiger partial charge in [0.1, 0.15) is 0 Å². The van der Waals surface area contributed by atoms with Crippen LogP contribution in [0.5, 0.6) is 0 Å². The molecule has 2 fully saturated rings. The van der Waals surface area contributed by atoms with E-state index in [2.05, 4.69) is 82.0 Å². The summed E-state index contributed by atoms with van der Waals surface area (Å²) in [6, 6.07) is 19.8. The minimum absolute atomic E-state index is 0.170. The Labute approximate surface area is 180 Å². The average molecular weight is 407 g/mol. The lowest BCUT2D eigenvalue weighted by Crippen LogP contribution is -2.52. The fourth-order valence-corrected chi connectivity index (χ4v) is 4.55. The molecule has 0 bridgehead atoms. The van der Waals surface area contributed by atoms with Gasteiger partial charge >= 0.3 is 0 Å². The zero-order chi connectivity index (χ0) is 20.8. The molecule has 2 aromatic rings. The molecule has 4 rings (SSSR count). The van der Waals surface area contributed by atoms with Crippen molar-refractivity contribution in [2.75, 3.05) is 38.2 Å². The van der Waals surface area contributed by atoms with Gasteiger partial charge in [-0.3, -0.25) is 4.99 Å². The molecule has 3 atom stereocenters. The van der Waals surface area contributed by atoms with Crippen molar-refractivity contribution in [3.63, 3.8) is 0 Å². The molecule has 5 heteroatoms. The quantitative estimate of drug-likeness (QED) is 0.584. The maximum atomic E-state index is 6.03. The van der Waals surface area contributed by atoms with Crippen molar-refractivity contribution in [3.8, 4) is 0 Å². The van der Waals surface area contributed by atoms with Crippen LogP contribution in [0.4, 0.5) is 5.69 Å². The SMILES string of the molecule is CN=C(NCC1CCOC1c1ccccc1)NC1CCCN(c2ccc(C)cc2)C1. The largest absolute Gasteiger partial charge is 0.373 e. The first-order chi connectivity index (χ1) is 14.7. The summed E-state index contributed by atoms with van der Waals surface area (Å²) >= 11 is 0. The van der Waals surface area contributed by atoms with Crippen LogP contribution in [-0.4, -0.2) is 45.3 Å². The van der Waals surface area contributed by atoms with Gasteiger partial charge in [0.2, 0.25) is 0 Å². The zero-order valence-electron chi connectivity index (χ0n) is 18.2. The molecular weight excluding hydrogens is 372 g/mol. The Balaban J connectivity index is 1.30. The van der Waals surface area contributed by atoms with Gasteiger partial charge < -0.3 is 20.3 Å². The van der Waals surface area contributed by atoms with E-state index in [9.17, 15) is 0 Å². The fraction of sp³-hybridized carbons (Fsp3) is 0.480. The van der Waals surface area contributed by atoms with E-state index in [0.29, 0.717) is 12.0 Å². The predicted molar refractivity (Wildman–Crippen MR) is 124 cm³/mol. The van der Waals surface area contributed by atoms with Gasteiger partial charge in [-0.25, -0.2) is 0 Å². The highest BCUT2D eigenvalue weighted by Gasteiger charge is 2.30. The first-order valence-corrected chi connectivity index (χ1v) is 11.2. The Hall–Kier alpha value is -2.53. The molecular formula is C25H34N4O. The molecule has 0 aliphatic carbocycles. The number of guanidine groups is 1. The summed E-state index contributed by atoms with van der Waals surface area (Å²) in [5.74, 6) is 1.35. The molecule has 160 valence electrons. The van der Waals surface area contributed by atoms with Gasteiger partial charge in [0.25, 0.3) is 0 Å². The minimum atomic E-state index is 0.170. The van der Waals surface area contributed by atoms with Gasteiger partial charge in [0.15, 0.2) is 5.96 Å². The molecule has 30 heavy (non-hydrogen) atoms. The molecule has 0 spiro atoms. The Morgan fingerprint density at radius 1 is 1.10 bits per heavy atom. The molecule has 2 saturated heterocycles. The highest BCUT2D eigenvalue weighted by Crippen LogP contribution is 2.33. The van der Waals surface area contributed by atoms with Crippen molar-refractivity contribution in [2.24, 2.45) is 10.9 Å². The molecule has 5 nitrogen and oxygen atoms in total. The smallest absolute Gasteiger partial charge is 0.191 e. The van der Waals surface area contributed by atoms with Crippen LogP contribution in [0.25, 0.3) is 0 Å². The Morgan fingerprint density at radius 2 is 1.90 bits per heavy atom. The molecule has 0 radical (unpaired) electrons. The van der Waals surface area contributed by atoms with Crippen molar-refractivity contribution < 1.29 is 4.74 Å². The number of rotatable bonds is 5. The van der Waals surface area contributed by atoms with E-state index in [1.54, 1.807) is 0 Å². The van der Waals surface area contributed by atoms with Crippen LogP contribution in [0.1, 0.15) is 36.5 Å². The zero-order valence-corrected chi connectivity index (χ0v) is 18.2. The van der Waals surface area contributed by atoms with Crippen LogP contribution in [0, 0.1) is 12.8 Å². The summed E-state index contributed by atoms with van der Waals surface area (Å²) in [4.78, 5) is 6.96. The molecule has 2 heterocycles. The van der Waals surface area contributed by atoms with Gasteiger partial charge in [-0.05, 0) is 43.9 Å². The molecule has 2 aromatic carbocycles. The number of aryl methyl sites for hydroxylation is 1. The standard InChI is InChI=1S/C25H34N4O/c1-19-10-12-23(13-11-19)29-15-6-9-22(18-29)28-25(26-2)27-17-21-14-16-30-24(21)20-7-4-3-5-8-20/h3-5,7-8,10-13,21-22,24H,6,9,14-18H2,1-2H3,(H2,26,27,28). The lowest BCUT2D eigenvalue weighted by molar-refractivity contribution is 0.0915. The van der Waals surface area contributed by atoms with E-state index in [-0.39, 0.29) is 6.10 Å². The summed E-state index contributed by atoms with van der Waals surface area (Å²) < 4.78 is 6.03. The summed E-state index contributed by atoms with van der Waals surface area (Å²) in [5, 5.41) is 7.21. The van der Waals surface area contributed by atoms with Gasteiger partial charge in [0.05, 0.1) is 6.10 Å². The lowest BCUT2D eigenvalue weighted by atomic mass is 9.95. The number of aliphatic imine (C=N–C) groups is 1. The monoisotopic (exact) mass is 406 g/mol. The molecule has 2 aliphatic rings. The molecule has 0 amide bonds. The Kier molecular flexibility index (Phi) is 6.90. The van der Waals surface area contributed by atoms with E-state index >= 15 is 0 Å². The second-order valence-corrected chi connectivity index (χ2v) is 8.47. The van der Waals surface area contributed by atoms with Crippen molar-refractivity contribution in [1.82, 2.24) is 10.6 Å². The lowest BCUT2D eigenvalue weighted by Gasteiger charge is -2.35. The Bertz CT molecular complexity index is 821. The highest BCUT2D eigenvalue weighted by atomic mass is 16.5. The number of nitrogens with one attached hydrogen (secondary N) is 2. The number of benzene rings is 2. The third-order valence-electron chi connectivity index (χ3n) is 6.26. The van der Waals surface area contributed by atoms with Crippen LogP contribution in [0.3, 0.4) is 0 Å². The number of piperidine rings is 1. The average Bonchev–Trinajstić information content (AvgIpc) is 3.26. The summed E-state index contributed by atoms with van der Waals surface area (Å²) in [7, 11) is 1.86. The highest BCUT2D eigenvalue weighted by molar-refractivity contribution is 5.80. The van der Waals surface area contributed by atoms with Crippen LogP contribution in [-0.2, 0) is 4.74 Å². The van der Waals surface area contributed by atoms with Crippen molar-refractivity contribution in [2.45, 2.75) is 38.3 Å². The van der Waals surface area contributed by atoms with E-state index in [0.717, 1.165) is 38.6 Å². The van der Waals surface area contributed by atoms with Crippen LogP contribution < -0.4 is 15.5 Å². The third kappa shape index (κ3) is 5.14. The molecule has 0 aromatic heterocycles. The van der Waals surface area contributed by atoms with Gasteiger partial charge in [-0.15, -0.1) is 0 Å². The number of anilines is 1. The van der Waals surface area contributed by atoms with Crippen LogP contribution >= 0.6 is 0 Å². The van der Waals surface area contributed by atoms with Crippen molar-refractivity contribution >= 4 is 11.6 Å². The predicted octanol–water partition coefficient (Wildman–Crippen LogP) is 3.91. The van der Waals surface area contributed by atoms with E-state index in [1.165, 1.54) is 29.7 Å². The second-order valence-electron chi connectivity index (χ2n) is 8.47. The fourth-order valence-electron chi connectivity index (χ4n) is 4.55. The maximum absolute atomic E-state index is 6.03. The molecule has 0 saturated carbocycles. The first-order valence-electron chi connectivity index (χ1n) is 11.2. The van der Waals surface area contributed by atoms with Crippen LogP contribution in [0.15, 0.2) is 59.6 Å². The van der Waals surface area contributed by atoms with E-state index in [1.807, 2.05) is 7.05 Å². The van der Waals surface area contributed by atoms with E-state index in [4.69, 9.17) is 4.74 Å². The number of hydrogen-bond acceptors (Lipinski definition) is 3. The number of nitrogens with zero attached hydrogens (tertiary/aromatic N) is 2. The van der Waals surface area contributed by atoms with Crippen molar-refractivity contribution in [1.29, 1.82) is 0 Å². The number of hydrogen-bond donors (Lipinski definition) is 2. The summed E-state index contributed by atoms with van der Waals surface area (Å²) in [6.45, 7) is 5.95. The third-order valence-corrected chi connectivity index (χ3v) is 6.26. The maximum Gasteiger partial charge on any atom is 0.191 e. The van der Waals surface area contributed by atoms with Crippen molar-refractivity contribution in [3.05, 3.63) is 65.7 Å². The van der Waals surface area contributed by atoms with Gasteiger partial charge in [-0.2, -0.15) is 0 Å². The van der Waals surface area contributed by atoms with Crippen LogP contribution in [0.2, 0.25) is 0 Å². The van der Waals surface area contributed by atoms with E-state index < -0.39 is 0 Å². The molecule has 3 unspecified atom stereocenters. The minimum Gasteiger partial charge on any atom is -0.373 e. The first kappa shape index (κ1) is 20.7. The van der Waals surface area contributed by atoms with Gasteiger partial charge in [0, 0.05) is 50.9 Å².